The molecule has 0 bridgehead atoms. The highest BCUT2D eigenvalue weighted by atomic mass is 15.3. The highest BCUT2D eigenvalue weighted by Crippen LogP contribution is 2.16. The van der Waals surface area contributed by atoms with E-state index in [1.807, 2.05) is 40.0 Å². The van der Waals surface area contributed by atoms with Crippen LogP contribution in [0.5, 0.6) is 0 Å². The van der Waals surface area contributed by atoms with Gasteiger partial charge in [-0.05, 0) is 25.8 Å². The molecular weight excluding hydrogens is 296 g/mol. The third-order valence-electron chi connectivity index (χ3n) is 3.54. The quantitative estimate of drug-likeness (QED) is 0.786. The van der Waals surface area contributed by atoms with Crippen LogP contribution < -0.4 is 10.6 Å². The van der Waals surface area contributed by atoms with Gasteiger partial charge >= 0.3 is 0 Å². The van der Waals surface area contributed by atoms with Gasteiger partial charge in [0.1, 0.15) is 12.0 Å². The smallest absolute Gasteiger partial charge is 0.127 e. The number of benzene rings is 1. The van der Waals surface area contributed by atoms with E-state index in [-0.39, 0.29) is 6.17 Å². The second kappa shape index (κ2) is 10.5. The molecule has 1 aromatic rings. The molecule has 4 nitrogen and oxygen atoms in total. The Hall–Kier alpha value is -2.23. The lowest BCUT2D eigenvalue weighted by Gasteiger charge is -2.31. The van der Waals surface area contributed by atoms with E-state index < -0.39 is 0 Å². The van der Waals surface area contributed by atoms with Gasteiger partial charge in [0.2, 0.25) is 0 Å². The van der Waals surface area contributed by atoms with Crippen molar-refractivity contribution >= 4 is 6.21 Å². The number of rotatable bonds is 7. The van der Waals surface area contributed by atoms with Crippen molar-refractivity contribution in [1.29, 1.82) is 0 Å². The van der Waals surface area contributed by atoms with Crippen LogP contribution in [0.25, 0.3) is 0 Å². The lowest BCUT2D eigenvalue weighted by molar-refractivity contribution is 0.422. The number of aliphatic imine (C=N–C) groups is 1. The van der Waals surface area contributed by atoms with E-state index >= 15 is 0 Å². The van der Waals surface area contributed by atoms with E-state index in [0.717, 1.165) is 36.7 Å². The molecule has 2 rings (SSSR count). The maximum atomic E-state index is 4.49. The SMILES string of the molecule is C=C(C)N(CCC)C1=C(NCc2ccccc2)NC(C)N=C1.CC. The molecule has 132 valence electrons. The molecule has 1 atom stereocenters. The fraction of sp³-hybridized carbons (Fsp3) is 0.450. The van der Waals surface area contributed by atoms with Crippen molar-refractivity contribution in [3.63, 3.8) is 0 Å². The second-order valence-corrected chi connectivity index (χ2v) is 5.58. The predicted octanol–water partition coefficient (Wildman–Crippen LogP) is 4.24. The van der Waals surface area contributed by atoms with Crippen LogP contribution in [-0.2, 0) is 6.54 Å². The summed E-state index contributed by atoms with van der Waals surface area (Å²) in [6, 6.07) is 10.4. The van der Waals surface area contributed by atoms with Crippen LogP contribution in [0.15, 0.2) is 59.1 Å². The molecule has 24 heavy (non-hydrogen) atoms. The van der Waals surface area contributed by atoms with Gasteiger partial charge in [0, 0.05) is 18.8 Å². The Kier molecular flexibility index (Phi) is 8.69. The van der Waals surface area contributed by atoms with Gasteiger partial charge in [0.25, 0.3) is 0 Å². The molecule has 1 heterocycles. The molecular formula is C20H32N4. The Labute approximate surface area is 147 Å². The van der Waals surface area contributed by atoms with Crippen molar-refractivity contribution in [3.8, 4) is 0 Å². The number of nitrogens with zero attached hydrogens (tertiary/aromatic N) is 2. The Morgan fingerprint density at radius 1 is 1.29 bits per heavy atom. The van der Waals surface area contributed by atoms with Gasteiger partial charge in [-0.2, -0.15) is 0 Å². The normalized spacial score (nSPS) is 16.0. The zero-order chi connectivity index (χ0) is 17.9. The van der Waals surface area contributed by atoms with Crippen molar-refractivity contribution in [2.75, 3.05) is 6.54 Å². The topological polar surface area (TPSA) is 39.7 Å². The number of hydrogen-bond donors (Lipinski definition) is 2. The summed E-state index contributed by atoms with van der Waals surface area (Å²) in [7, 11) is 0. The summed E-state index contributed by atoms with van der Waals surface area (Å²) in [6.07, 6.45) is 3.08. The van der Waals surface area contributed by atoms with Crippen LogP contribution in [0, 0.1) is 0 Å². The molecule has 4 heteroatoms. The Morgan fingerprint density at radius 2 is 1.96 bits per heavy atom. The minimum absolute atomic E-state index is 0.0793. The summed E-state index contributed by atoms with van der Waals surface area (Å²) in [5, 5.41) is 6.92. The van der Waals surface area contributed by atoms with Gasteiger partial charge in [-0.15, -0.1) is 0 Å². The standard InChI is InChI=1S/C18H26N4.C2H6/c1-5-11-22(14(2)3)17-13-19-15(4)21-18(17)20-12-16-9-7-6-8-10-16;1-2/h6-10,13,15,20-21H,2,5,11-12H2,1,3-4H3;1-2H3. The van der Waals surface area contributed by atoms with Gasteiger partial charge < -0.3 is 15.5 Å². The van der Waals surface area contributed by atoms with Crippen LogP contribution in [0.2, 0.25) is 0 Å². The summed E-state index contributed by atoms with van der Waals surface area (Å²) < 4.78 is 0. The molecule has 0 saturated heterocycles. The largest absolute Gasteiger partial charge is 0.366 e. The van der Waals surface area contributed by atoms with E-state index in [0.29, 0.717) is 0 Å². The summed E-state index contributed by atoms with van der Waals surface area (Å²) in [4.78, 5) is 6.69. The van der Waals surface area contributed by atoms with E-state index in [1.165, 1.54) is 5.56 Å². The molecule has 0 fully saturated rings. The summed E-state index contributed by atoms with van der Waals surface area (Å²) in [5.41, 5.74) is 3.34. The molecule has 1 unspecified atom stereocenters. The third-order valence-corrected chi connectivity index (χ3v) is 3.54. The minimum atomic E-state index is 0.0793. The lowest BCUT2D eigenvalue weighted by Crippen LogP contribution is -2.40. The molecule has 0 aromatic heterocycles. The molecule has 2 N–H and O–H groups in total. The molecule has 1 aliphatic rings. The first-order chi connectivity index (χ1) is 11.6. The van der Waals surface area contributed by atoms with Gasteiger partial charge in [-0.25, -0.2) is 0 Å². The van der Waals surface area contributed by atoms with Gasteiger partial charge in [0.05, 0.1) is 11.9 Å². The average molecular weight is 329 g/mol. The summed E-state index contributed by atoms with van der Waals surface area (Å²) in [6.45, 7) is 16.1. The Bertz CT molecular complexity index is 560. The number of nitrogens with one attached hydrogen (secondary N) is 2. The number of hydrogen-bond acceptors (Lipinski definition) is 4. The zero-order valence-corrected chi connectivity index (χ0v) is 15.8. The van der Waals surface area contributed by atoms with Gasteiger partial charge in [-0.1, -0.05) is 57.7 Å². The Morgan fingerprint density at radius 3 is 2.54 bits per heavy atom. The second-order valence-electron chi connectivity index (χ2n) is 5.58. The van der Waals surface area contributed by atoms with Crippen LogP contribution in [0.3, 0.4) is 0 Å². The molecule has 0 radical (unpaired) electrons. The monoisotopic (exact) mass is 328 g/mol. The average Bonchev–Trinajstić information content (AvgIpc) is 2.61. The van der Waals surface area contributed by atoms with Crippen molar-refractivity contribution in [2.24, 2.45) is 4.99 Å². The maximum absolute atomic E-state index is 4.49. The molecule has 1 aliphatic heterocycles. The minimum Gasteiger partial charge on any atom is -0.366 e. The Balaban J connectivity index is 0.00000139. The molecule has 1 aromatic carbocycles. The van der Waals surface area contributed by atoms with Crippen LogP contribution in [-0.4, -0.2) is 23.8 Å². The van der Waals surface area contributed by atoms with Crippen molar-refractivity contribution in [1.82, 2.24) is 15.5 Å². The van der Waals surface area contributed by atoms with Gasteiger partial charge in [0.15, 0.2) is 0 Å². The highest BCUT2D eigenvalue weighted by molar-refractivity contribution is 5.80. The molecule has 0 amide bonds. The predicted molar refractivity (Wildman–Crippen MR) is 105 cm³/mol. The zero-order valence-electron chi connectivity index (χ0n) is 15.8. The first-order valence-corrected chi connectivity index (χ1v) is 8.86. The van der Waals surface area contributed by atoms with E-state index in [9.17, 15) is 0 Å². The summed E-state index contributed by atoms with van der Waals surface area (Å²) in [5.74, 6) is 1.02. The first-order valence-electron chi connectivity index (χ1n) is 8.86. The third kappa shape index (κ3) is 5.76. The number of allylic oxidation sites excluding steroid dienone is 2. The molecule has 0 spiro atoms. The molecule has 0 aliphatic carbocycles. The maximum Gasteiger partial charge on any atom is 0.127 e. The van der Waals surface area contributed by atoms with Crippen LogP contribution >= 0.6 is 0 Å². The van der Waals surface area contributed by atoms with Crippen molar-refractivity contribution < 1.29 is 0 Å². The fourth-order valence-electron chi connectivity index (χ4n) is 2.44. The van der Waals surface area contributed by atoms with Gasteiger partial charge in [-0.3, -0.25) is 4.99 Å². The van der Waals surface area contributed by atoms with E-state index in [2.05, 4.69) is 58.3 Å². The van der Waals surface area contributed by atoms with E-state index in [1.54, 1.807) is 0 Å². The van der Waals surface area contributed by atoms with Crippen LogP contribution in [0.4, 0.5) is 0 Å². The van der Waals surface area contributed by atoms with Crippen molar-refractivity contribution in [2.45, 2.75) is 53.8 Å². The first kappa shape index (κ1) is 19.8. The fourth-order valence-corrected chi connectivity index (χ4v) is 2.44. The van der Waals surface area contributed by atoms with Crippen molar-refractivity contribution in [3.05, 3.63) is 59.7 Å². The highest BCUT2D eigenvalue weighted by Gasteiger charge is 2.18. The molecule has 0 saturated carbocycles. The summed E-state index contributed by atoms with van der Waals surface area (Å²) >= 11 is 0. The van der Waals surface area contributed by atoms with Crippen LogP contribution in [0.1, 0.15) is 46.6 Å². The van der Waals surface area contributed by atoms with E-state index in [4.69, 9.17) is 0 Å². The lowest BCUT2D eigenvalue weighted by atomic mass is 10.2.